The average molecular weight is 466 g/mol. The van der Waals surface area contributed by atoms with Crippen LogP contribution in [0.15, 0.2) is 73.2 Å². The Labute approximate surface area is 199 Å². The summed E-state index contributed by atoms with van der Waals surface area (Å²) < 4.78 is 0. The van der Waals surface area contributed by atoms with Crippen molar-refractivity contribution in [3.05, 3.63) is 100 Å². The molecule has 3 heterocycles. The quantitative estimate of drug-likeness (QED) is 0.277. The molecular weight excluding hydrogens is 434 g/mol. The molecule has 0 atom stereocenters. The van der Waals surface area contributed by atoms with Gasteiger partial charge in [0.15, 0.2) is 0 Å². The molecule has 0 aliphatic heterocycles. The molecule has 0 spiro atoms. The van der Waals surface area contributed by atoms with E-state index in [0.717, 1.165) is 56.0 Å². The predicted octanol–water partition coefficient (Wildman–Crippen LogP) is 2.48. The molecule has 0 unspecified atom stereocenters. The molecule has 4 N–H and O–H groups in total. The van der Waals surface area contributed by atoms with Gasteiger partial charge in [0.2, 0.25) is 0 Å². The van der Waals surface area contributed by atoms with Crippen molar-refractivity contribution in [2.75, 3.05) is 0 Å². The Kier molecular flexibility index (Phi) is 10.3. The third-order valence-electron chi connectivity index (χ3n) is 5.60. The van der Waals surface area contributed by atoms with Crippen LogP contribution in [0.1, 0.15) is 36.3 Å². The molecule has 1 fully saturated rings. The highest BCUT2D eigenvalue weighted by Crippen LogP contribution is 2.21. The lowest BCUT2D eigenvalue weighted by Gasteiger charge is -2.36. The number of pyridine rings is 3. The molecule has 180 valence electrons. The van der Waals surface area contributed by atoms with Crippen molar-refractivity contribution >= 4 is 0 Å². The second kappa shape index (κ2) is 13.9. The van der Waals surface area contributed by atoms with Crippen LogP contribution < -0.4 is 16.0 Å². The topological polar surface area (TPSA) is 138 Å². The van der Waals surface area contributed by atoms with E-state index in [2.05, 4.69) is 49.1 Å². The molecule has 1 saturated carbocycles. The largest absolute Gasteiger partial charge is 0.328 e. The van der Waals surface area contributed by atoms with E-state index < -0.39 is 5.09 Å². The molecule has 0 radical (unpaired) electrons. The summed E-state index contributed by atoms with van der Waals surface area (Å²) in [6.45, 7) is 2.39. The molecule has 3 aromatic heterocycles. The first-order chi connectivity index (χ1) is 16.6. The molecular formula is C24H31N7O3. The van der Waals surface area contributed by atoms with E-state index in [1.807, 2.05) is 55.0 Å². The first-order valence-corrected chi connectivity index (χ1v) is 11.3. The van der Waals surface area contributed by atoms with Crippen molar-refractivity contribution in [3.8, 4) is 0 Å². The third-order valence-corrected chi connectivity index (χ3v) is 5.60. The minimum absolute atomic E-state index is 0.434. The van der Waals surface area contributed by atoms with Crippen LogP contribution >= 0.6 is 0 Å². The van der Waals surface area contributed by atoms with E-state index in [9.17, 15) is 0 Å². The van der Waals surface area contributed by atoms with Gasteiger partial charge in [0.05, 0.1) is 17.1 Å². The van der Waals surface area contributed by atoms with Gasteiger partial charge in [-0.15, -0.1) is 10.1 Å². The van der Waals surface area contributed by atoms with Crippen LogP contribution in [0, 0.1) is 10.1 Å². The fourth-order valence-electron chi connectivity index (χ4n) is 4.07. The van der Waals surface area contributed by atoms with E-state index in [1.165, 1.54) is 0 Å². The van der Waals surface area contributed by atoms with Crippen molar-refractivity contribution in [3.63, 3.8) is 0 Å². The number of hydrogen-bond acceptors (Lipinski definition) is 8. The van der Waals surface area contributed by atoms with Crippen LogP contribution in [0.25, 0.3) is 0 Å². The number of aromatic nitrogens is 3. The Balaban J connectivity index is 0.000000751. The first-order valence-electron chi connectivity index (χ1n) is 11.3. The molecule has 1 aliphatic rings. The van der Waals surface area contributed by atoms with E-state index in [1.54, 1.807) is 0 Å². The Bertz CT molecular complexity index is 836. The fourth-order valence-corrected chi connectivity index (χ4v) is 4.07. The molecule has 10 heteroatoms. The number of nitrogens with zero attached hydrogens (tertiary/aromatic N) is 4. The summed E-state index contributed by atoms with van der Waals surface area (Å²) in [7, 11) is 0. The SMILES string of the molecule is O=[N+]([O-])O.c1ccc(CNC2CC(NCc3ccccn3)CC(NCc3ccccn3)C2)nc1. The monoisotopic (exact) mass is 465 g/mol. The van der Waals surface area contributed by atoms with Crippen LogP contribution in [0.4, 0.5) is 0 Å². The number of hydrogen-bond donors (Lipinski definition) is 4. The van der Waals surface area contributed by atoms with Gasteiger partial charge in [-0.05, 0) is 55.7 Å². The predicted molar refractivity (Wildman–Crippen MR) is 127 cm³/mol. The van der Waals surface area contributed by atoms with Gasteiger partial charge in [0.1, 0.15) is 0 Å². The van der Waals surface area contributed by atoms with E-state index in [4.69, 9.17) is 15.3 Å². The van der Waals surface area contributed by atoms with Crippen molar-refractivity contribution in [1.82, 2.24) is 30.9 Å². The molecule has 3 aromatic rings. The highest BCUT2D eigenvalue weighted by molar-refractivity contribution is 5.06. The Morgan fingerprint density at radius 1 is 0.706 bits per heavy atom. The van der Waals surface area contributed by atoms with Crippen LogP contribution in [-0.4, -0.2) is 43.4 Å². The highest BCUT2D eigenvalue weighted by atomic mass is 16.9. The molecule has 0 amide bonds. The highest BCUT2D eigenvalue weighted by Gasteiger charge is 2.28. The van der Waals surface area contributed by atoms with Crippen molar-refractivity contribution in [2.45, 2.75) is 57.0 Å². The lowest BCUT2D eigenvalue weighted by molar-refractivity contribution is -0.742. The Hall–Kier alpha value is -3.47. The van der Waals surface area contributed by atoms with Crippen molar-refractivity contribution in [1.29, 1.82) is 0 Å². The molecule has 1 aliphatic carbocycles. The lowest BCUT2D eigenvalue weighted by Crippen LogP contribution is -2.50. The maximum atomic E-state index is 8.36. The second-order valence-corrected chi connectivity index (χ2v) is 8.14. The summed E-state index contributed by atoms with van der Waals surface area (Å²) in [6, 6.07) is 19.5. The minimum atomic E-state index is -1.50. The van der Waals surface area contributed by atoms with Crippen LogP contribution in [0.2, 0.25) is 0 Å². The van der Waals surface area contributed by atoms with Gasteiger partial charge in [-0.2, -0.15) is 0 Å². The second-order valence-electron chi connectivity index (χ2n) is 8.14. The van der Waals surface area contributed by atoms with Crippen LogP contribution in [-0.2, 0) is 19.6 Å². The van der Waals surface area contributed by atoms with Crippen LogP contribution in [0.3, 0.4) is 0 Å². The Morgan fingerprint density at radius 2 is 1.00 bits per heavy atom. The zero-order valence-corrected chi connectivity index (χ0v) is 19.0. The van der Waals surface area contributed by atoms with Gasteiger partial charge < -0.3 is 21.2 Å². The molecule has 34 heavy (non-hydrogen) atoms. The van der Waals surface area contributed by atoms with Gasteiger partial charge in [-0.25, -0.2) is 0 Å². The minimum Gasteiger partial charge on any atom is -0.328 e. The zero-order chi connectivity index (χ0) is 24.0. The molecule has 10 nitrogen and oxygen atoms in total. The average Bonchev–Trinajstić information content (AvgIpc) is 2.87. The summed E-state index contributed by atoms with van der Waals surface area (Å²) >= 11 is 0. The van der Waals surface area contributed by atoms with E-state index in [0.29, 0.717) is 18.1 Å². The van der Waals surface area contributed by atoms with Crippen molar-refractivity contribution in [2.24, 2.45) is 0 Å². The summed E-state index contributed by atoms with van der Waals surface area (Å²) in [5, 5.41) is 24.8. The van der Waals surface area contributed by atoms with Gasteiger partial charge in [0, 0.05) is 56.4 Å². The van der Waals surface area contributed by atoms with Gasteiger partial charge >= 0.3 is 0 Å². The molecule has 0 aromatic carbocycles. The van der Waals surface area contributed by atoms with E-state index in [-0.39, 0.29) is 0 Å². The standard InChI is InChI=1S/C24H30N6.HNO3/c1-4-10-25-19(7-1)16-28-22-13-23(29-17-20-8-2-5-11-26-20)15-24(14-22)30-18-21-9-3-6-12-27-21;2-1(3)4/h1-12,22-24,28-30H,13-18H2;(H,2,3,4). The summed E-state index contributed by atoms with van der Waals surface area (Å²) in [4.78, 5) is 21.7. The fraction of sp³-hybridized carbons (Fsp3) is 0.375. The number of rotatable bonds is 9. The van der Waals surface area contributed by atoms with E-state index >= 15 is 0 Å². The maximum absolute atomic E-state index is 8.36. The molecule has 4 rings (SSSR count). The van der Waals surface area contributed by atoms with Crippen LogP contribution in [0.5, 0.6) is 0 Å². The molecule has 0 saturated heterocycles. The van der Waals surface area contributed by atoms with Gasteiger partial charge in [0.25, 0.3) is 5.09 Å². The van der Waals surface area contributed by atoms with Gasteiger partial charge in [-0.3, -0.25) is 15.0 Å². The summed E-state index contributed by atoms with van der Waals surface area (Å²) in [5.41, 5.74) is 3.25. The molecule has 0 bridgehead atoms. The normalized spacial score (nSPS) is 19.6. The zero-order valence-electron chi connectivity index (χ0n) is 19.0. The number of nitrogens with one attached hydrogen (secondary N) is 3. The third kappa shape index (κ3) is 9.57. The summed E-state index contributed by atoms with van der Waals surface area (Å²) in [6.07, 6.45) is 8.86. The first kappa shape index (κ1) is 25.2. The van der Waals surface area contributed by atoms with Crippen molar-refractivity contribution < 1.29 is 10.3 Å². The van der Waals surface area contributed by atoms with Gasteiger partial charge in [-0.1, -0.05) is 18.2 Å². The summed E-state index contributed by atoms with van der Waals surface area (Å²) in [5.74, 6) is 0. The Morgan fingerprint density at radius 3 is 1.24 bits per heavy atom. The smallest absolute Gasteiger partial charge is 0.291 e. The maximum Gasteiger partial charge on any atom is 0.291 e. The lowest BCUT2D eigenvalue weighted by atomic mass is 9.86.